The van der Waals surface area contributed by atoms with Gasteiger partial charge in [0.05, 0.1) is 10.6 Å². The summed E-state index contributed by atoms with van der Waals surface area (Å²) in [6.45, 7) is 2.60. The third-order valence-electron chi connectivity index (χ3n) is 5.53. The van der Waals surface area contributed by atoms with E-state index in [0.29, 0.717) is 24.5 Å². The van der Waals surface area contributed by atoms with Gasteiger partial charge in [0.2, 0.25) is 0 Å². The van der Waals surface area contributed by atoms with Crippen LogP contribution in [0.15, 0.2) is 23.1 Å². The summed E-state index contributed by atoms with van der Waals surface area (Å²) in [6, 6.07) is 5.58. The summed E-state index contributed by atoms with van der Waals surface area (Å²) in [5.74, 6) is 0.130. The van der Waals surface area contributed by atoms with Gasteiger partial charge in [0, 0.05) is 26.2 Å². The lowest BCUT2D eigenvalue weighted by atomic mass is 10.0. The number of nitrogens with zero attached hydrogens (tertiary/aromatic N) is 2. The van der Waals surface area contributed by atoms with Crippen LogP contribution >= 0.6 is 0 Å². The molecule has 0 radical (unpaired) electrons. The summed E-state index contributed by atoms with van der Waals surface area (Å²) in [4.78, 5) is 16.7. The van der Waals surface area contributed by atoms with Crippen LogP contribution in [0.4, 0.5) is 4.79 Å². The fraction of sp³-hybridized carbons (Fsp3) is 0.650. The van der Waals surface area contributed by atoms with Crippen molar-refractivity contribution in [2.24, 2.45) is 5.92 Å². The number of fused-ring (bicyclic) bond motifs is 1. The summed E-state index contributed by atoms with van der Waals surface area (Å²) in [5.41, 5.74) is 2.20. The minimum Gasteiger partial charge on any atom is -0.337 e. The molecule has 27 heavy (non-hydrogen) atoms. The van der Waals surface area contributed by atoms with E-state index in [1.807, 2.05) is 31.1 Å². The van der Waals surface area contributed by atoms with Crippen molar-refractivity contribution in [2.75, 3.05) is 46.0 Å². The van der Waals surface area contributed by atoms with Crippen molar-refractivity contribution in [2.45, 2.75) is 37.0 Å². The van der Waals surface area contributed by atoms with Crippen molar-refractivity contribution in [1.82, 2.24) is 15.1 Å². The lowest BCUT2D eigenvalue weighted by Gasteiger charge is -2.33. The molecule has 1 unspecified atom stereocenters. The third kappa shape index (κ3) is 5.02. The van der Waals surface area contributed by atoms with Gasteiger partial charge in [-0.3, -0.25) is 0 Å². The molecule has 6 nitrogen and oxygen atoms in total. The van der Waals surface area contributed by atoms with Crippen molar-refractivity contribution in [1.29, 1.82) is 0 Å². The van der Waals surface area contributed by atoms with Gasteiger partial charge in [-0.05, 0) is 69.3 Å². The number of carbonyl (C=O) groups is 1. The minimum atomic E-state index is -3.33. The van der Waals surface area contributed by atoms with Crippen LogP contribution < -0.4 is 5.32 Å². The SMILES string of the molecule is CN(C)CCNC(=O)N1CCCC(CS(=O)(=O)c2cccc3c2CCC3)C1. The van der Waals surface area contributed by atoms with Crippen LogP contribution in [0.1, 0.15) is 30.4 Å². The van der Waals surface area contributed by atoms with E-state index in [-0.39, 0.29) is 17.7 Å². The number of nitrogens with one attached hydrogen (secondary N) is 1. The molecule has 3 rings (SSSR count). The zero-order valence-electron chi connectivity index (χ0n) is 16.4. The molecule has 1 atom stereocenters. The molecular weight excluding hydrogens is 362 g/mol. The molecule has 0 aromatic heterocycles. The fourth-order valence-corrected chi connectivity index (χ4v) is 6.13. The van der Waals surface area contributed by atoms with E-state index in [0.717, 1.165) is 44.2 Å². The predicted octanol–water partition coefficient (Wildman–Crippen LogP) is 1.93. The number of rotatable bonds is 6. The van der Waals surface area contributed by atoms with Crippen molar-refractivity contribution < 1.29 is 13.2 Å². The number of urea groups is 1. The Morgan fingerprint density at radius 1 is 1.26 bits per heavy atom. The number of aryl methyl sites for hydroxylation is 1. The number of benzene rings is 1. The van der Waals surface area contributed by atoms with E-state index in [2.05, 4.69) is 5.32 Å². The first-order valence-electron chi connectivity index (χ1n) is 9.88. The molecule has 0 spiro atoms. The van der Waals surface area contributed by atoms with Crippen LogP contribution in [0, 0.1) is 5.92 Å². The van der Waals surface area contributed by atoms with E-state index in [4.69, 9.17) is 0 Å². The Kier molecular flexibility index (Phi) is 6.42. The number of likely N-dealkylation sites (tertiary alicyclic amines) is 1. The van der Waals surface area contributed by atoms with E-state index < -0.39 is 9.84 Å². The molecule has 0 saturated carbocycles. The normalized spacial score (nSPS) is 20.0. The maximum atomic E-state index is 13.1. The first-order chi connectivity index (χ1) is 12.9. The van der Waals surface area contributed by atoms with Crippen LogP contribution in [0.2, 0.25) is 0 Å². The molecule has 1 aromatic carbocycles. The molecule has 1 saturated heterocycles. The average Bonchev–Trinajstić information content (AvgIpc) is 3.09. The van der Waals surface area contributed by atoms with Gasteiger partial charge in [-0.2, -0.15) is 0 Å². The van der Waals surface area contributed by atoms with Gasteiger partial charge in [0.1, 0.15) is 0 Å². The quantitative estimate of drug-likeness (QED) is 0.802. The second-order valence-corrected chi connectivity index (χ2v) is 10.0. The Hall–Kier alpha value is -1.60. The lowest BCUT2D eigenvalue weighted by molar-refractivity contribution is 0.169. The average molecular weight is 394 g/mol. The molecule has 1 aromatic rings. The van der Waals surface area contributed by atoms with E-state index in [9.17, 15) is 13.2 Å². The first kappa shape index (κ1) is 20.1. The summed E-state index contributed by atoms with van der Waals surface area (Å²) in [7, 11) is 0.606. The number of amides is 2. The molecule has 1 N–H and O–H groups in total. The maximum absolute atomic E-state index is 13.1. The van der Waals surface area contributed by atoms with Crippen LogP contribution in [-0.2, 0) is 22.7 Å². The number of hydrogen-bond acceptors (Lipinski definition) is 4. The predicted molar refractivity (Wildman–Crippen MR) is 107 cm³/mol. The highest BCUT2D eigenvalue weighted by Crippen LogP contribution is 2.30. The number of carbonyl (C=O) groups excluding carboxylic acids is 1. The largest absolute Gasteiger partial charge is 0.337 e. The highest BCUT2D eigenvalue weighted by atomic mass is 32.2. The van der Waals surface area contributed by atoms with Crippen LogP contribution in [0.3, 0.4) is 0 Å². The number of piperidine rings is 1. The highest BCUT2D eigenvalue weighted by Gasteiger charge is 2.30. The van der Waals surface area contributed by atoms with Gasteiger partial charge < -0.3 is 15.1 Å². The van der Waals surface area contributed by atoms with Crippen molar-refractivity contribution in [3.8, 4) is 0 Å². The monoisotopic (exact) mass is 393 g/mol. The van der Waals surface area contributed by atoms with E-state index in [1.165, 1.54) is 5.56 Å². The van der Waals surface area contributed by atoms with Crippen molar-refractivity contribution in [3.63, 3.8) is 0 Å². The van der Waals surface area contributed by atoms with Gasteiger partial charge >= 0.3 is 6.03 Å². The number of hydrogen-bond donors (Lipinski definition) is 1. The Bertz CT molecular complexity index is 777. The summed E-state index contributed by atoms with van der Waals surface area (Å²) in [5, 5.41) is 2.93. The van der Waals surface area contributed by atoms with E-state index >= 15 is 0 Å². The van der Waals surface area contributed by atoms with E-state index in [1.54, 1.807) is 11.0 Å². The third-order valence-corrected chi connectivity index (χ3v) is 7.50. The Morgan fingerprint density at radius 3 is 2.85 bits per heavy atom. The van der Waals surface area contributed by atoms with Crippen LogP contribution in [0.25, 0.3) is 0 Å². The zero-order valence-corrected chi connectivity index (χ0v) is 17.2. The Balaban J connectivity index is 1.62. The van der Waals surface area contributed by atoms with Crippen molar-refractivity contribution in [3.05, 3.63) is 29.3 Å². The first-order valence-corrected chi connectivity index (χ1v) is 11.5. The van der Waals surface area contributed by atoms with Gasteiger partial charge in [0.25, 0.3) is 0 Å². The molecule has 1 aliphatic carbocycles. The minimum absolute atomic E-state index is 0.000563. The Morgan fingerprint density at radius 2 is 2.07 bits per heavy atom. The standard InChI is InChI=1S/C20H31N3O3S/c1-22(2)13-11-21-20(24)23-12-5-6-16(14-23)15-27(25,26)19-10-4-8-17-7-3-9-18(17)19/h4,8,10,16H,3,5-7,9,11-15H2,1-2H3,(H,21,24). The van der Waals surface area contributed by atoms with Crippen molar-refractivity contribution >= 4 is 15.9 Å². The Labute approximate surface area is 162 Å². The number of sulfone groups is 1. The van der Waals surface area contributed by atoms with Crippen LogP contribution in [0.5, 0.6) is 0 Å². The lowest BCUT2D eigenvalue weighted by Crippen LogP contribution is -2.47. The highest BCUT2D eigenvalue weighted by molar-refractivity contribution is 7.91. The fourth-order valence-electron chi connectivity index (χ4n) is 4.16. The van der Waals surface area contributed by atoms with Gasteiger partial charge in [-0.1, -0.05) is 12.1 Å². The van der Waals surface area contributed by atoms with Gasteiger partial charge in [0.15, 0.2) is 9.84 Å². The molecular formula is C20H31N3O3S. The molecule has 150 valence electrons. The molecule has 2 amide bonds. The zero-order chi connectivity index (χ0) is 19.4. The topological polar surface area (TPSA) is 69.7 Å². The molecule has 7 heteroatoms. The smallest absolute Gasteiger partial charge is 0.317 e. The molecule has 1 fully saturated rings. The van der Waals surface area contributed by atoms with Gasteiger partial charge in [-0.25, -0.2) is 13.2 Å². The van der Waals surface area contributed by atoms with Crippen LogP contribution in [-0.4, -0.2) is 70.3 Å². The van der Waals surface area contributed by atoms with Gasteiger partial charge in [-0.15, -0.1) is 0 Å². The second-order valence-electron chi connectivity index (χ2n) is 8.02. The maximum Gasteiger partial charge on any atom is 0.317 e. The summed E-state index contributed by atoms with van der Waals surface area (Å²) < 4.78 is 26.1. The summed E-state index contributed by atoms with van der Waals surface area (Å²) >= 11 is 0. The molecule has 0 bridgehead atoms. The molecule has 1 heterocycles. The molecule has 1 aliphatic heterocycles. The number of likely N-dealkylation sites (N-methyl/N-ethyl adjacent to an activating group) is 1. The second kappa shape index (κ2) is 8.61. The molecule has 2 aliphatic rings. The summed E-state index contributed by atoms with van der Waals surface area (Å²) in [6.07, 6.45) is 4.58.